The van der Waals surface area contributed by atoms with E-state index in [4.69, 9.17) is 4.74 Å². The van der Waals surface area contributed by atoms with Crippen molar-refractivity contribution in [3.05, 3.63) is 34.2 Å². The molecule has 2 rings (SSSR count). The first kappa shape index (κ1) is 11.1. The molecule has 2 heterocycles. The molecule has 0 aliphatic heterocycles. The molecule has 0 radical (unpaired) electrons. The molecule has 0 aromatic carbocycles. The fourth-order valence-electron chi connectivity index (χ4n) is 1.53. The molecule has 0 fully saturated rings. The summed E-state index contributed by atoms with van der Waals surface area (Å²) in [7, 11) is 0. The Kier molecular flexibility index (Phi) is 2.96. The zero-order chi connectivity index (χ0) is 11.7. The van der Waals surface area contributed by atoms with Gasteiger partial charge in [-0.3, -0.25) is 0 Å². The minimum atomic E-state index is -0.387. The number of aromatic nitrogens is 2. The Morgan fingerprint density at radius 2 is 2.31 bits per heavy atom. The van der Waals surface area contributed by atoms with Crippen molar-refractivity contribution < 1.29 is 9.53 Å². The van der Waals surface area contributed by atoms with E-state index in [1.807, 2.05) is 23.6 Å². The second-order valence-corrected chi connectivity index (χ2v) is 4.33. The summed E-state index contributed by atoms with van der Waals surface area (Å²) in [6.45, 7) is 4.08. The van der Waals surface area contributed by atoms with Gasteiger partial charge in [-0.2, -0.15) is 0 Å². The van der Waals surface area contributed by atoms with Crippen LogP contribution < -0.4 is 0 Å². The number of imidazole rings is 1. The van der Waals surface area contributed by atoms with Gasteiger partial charge in [-0.25, -0.2) is 9.78 Å². The normalized spacial score (nSPS) is 10.7. The monoisotopic (exact) mass is 282 g/mol. The zero-order valence-corrected chi connectivity index (χ0v) is 10.6. The van der Waals surface area contributed by atoms with Crippen LogP contribution in [0, 0.1) is 6.92 Å². The molecule has 0 N–H and O–H groups in total. The largest absolute Gasteiger partial charge is 0.461 e. The maximum atomic E-state index is 11.5. The number of fused-ring (bicyclic) bond motifs is 1. The standard InChI is InChI=1S/C11H11BrN2O2/c1-3-16-11(15)9-6-14-5-8(12)4-7(2)10(14)13-9/h4-6H,3H2,1-2H3. The highest BCUT2D eigenvalue weighted by Crippen LogP contribution is 2.17. The first-order chi connectivity index (χ1) is 7.61. The molecule has 5 heteroatoms. The van der Waals surface area contributed by atoms with E-state index in [9.17, 15) is 4.79 Å². The summed E-state index contributed by atoms with van der Waals surface area (Å²) >= 11 is 3.40. The maximum absolute atomic E-state index is 11.5. The number of carbonyl (C=O) groups is 1. The third-order valence-electron chi connectivity index (χ3n) is 2.19. The molecule has 2 aromatic rings. The van der Waals surface area contributed by atoms with Crippen LogP contribution in [-0.2, 0) is 4.74 Å². The van der Waals surface area contributed by atoms with Gasteiger partial charge in [-0.05, 0) is 41.4 Å². The number of ether oxygens (including phenoxy) is 1. The molecule has 0 aliphatic carbocycles. The van der Waals surface area contributed by atoms with Crippen molar-refractivity contribution in [1.82, 2.24) is 9.38 Å². The highest BCUT2D eigenvalue weighted by Gasteiger charge is 2.12. The predicted octanol–water partition coefficient (Wildman–Crippen LogP) is 2.58. The van der Waals surface area contributed by atoms with Gasteiger partial charge in [-0.15, -0.1) is 0 Å². The van der Waals surface area contributed by atoms with E-state index < -0.39 is 0 Å². The highest BCUT2D eigenvalue weighted by atomic mass is 79.9. The van der Waals surface area contributed by atoms with Crippen LogP contribution in [0.2, 0.25) is 0 Å². The van der Waals surface area contributed by atoms with Gasteiger partial charge in [0.05, 0.1) is 6.61 Å². The van der Waals surface area contributed by atoms with Gasteiger partial charge < -0.3 is 9.14 Å². The molecule has 0 atom stereocenters. The number of rotatable bonds is 2. The number of esters is 1. The van der Waals surface area contributed by atoms with E-state index in [0.29, 0.717) is 12.3 Å². The Morgan fingerprint density at radius 3 is 3.00 bits per heavy atom. The van der Waals surface area contributed by atoms with Crippen LogP contribution in [0.5, 0.6) is 0 Å². The minimum absolute atomic E-state index is 0.336. The van der Waals surface area contributed by atoms with E-state index in [0.717, 1.165) is 15.7 Å². The molecular weight excluding hydrogens is 272 g/mol. The minimum Gasteiger partial charge on any atom is -0.461 e. The second kappa shape index (κ2) is 4.25. The fourth-order valence-corrected chi connectivity index (χ4v) is 2.09. The Bertz CT molecular complexity index is 548. The lowest BCUT2D eigenvalue weighted by atomic mass is 10.3. The summed E-state index contributed by atoms with van der Waals surface area (Å²) in [5, 5.41) is 0. The van der Waals surface area contributed by atoms with Crippen molar-refractivity contribution in [1.29, 1.82) is 0 Å². The molecule has 0 saturated heterocycles. The van der Waals surface area contributed by atoms with Gasteiger partial charge in [0.1, 0.15) is 5.65 Å². The van der Waals surface area contributed by atoms with Crippen LogP contribution in [0.15, 0.2) is 22.9 Å². The summed E-state index contributed by atoms with van der Waals surface area (Å²) in [5.74, 6) is -0.387. The van der Waals surface area contributed by atoms with Crippen LogP contribution in [0.4, 0.5) is 0 Å². The van der Waals surface area contributed by atoms with Crippen LogP contribution in [0.25, 0.3) is 5.65 Å². The molecule has 0 bridgehead atoms. The third kappa shape index (κ3) is 1.95. The molecule has 4 nitrogen and oxygen atoms in total. The van der Waals surface area contributed by atoms with E-state index in [1.54, 1.807) is 13.1 Å². The Labute approximate surface area is 101 Å². The number of aryl methyl sites for hydroxylation is 1. The second-order valence-electron chi connectivity index (χ2n) is 3.42. The van der Waals surface area contributed by atoms with E-state index >= 15 is 0 Å². The van der Waals surface area contributed by atoms with Gasteiger partial charge in [0.2, 0.25) is 0 Å². The van der Waals surface area contributed by atoms with Crippen LogP contribution >= 0.6 is 15.9 Å². The smallest absolute Gasteiger partial charge is 0.358 e. The number of nitrogens with zero attached hydrogens (tertiary/aromatic N) is 2. The number of hydrogen-bond donors (Lipinski definition) is 0. The highest BCUT2D eigenvalue weighted by molar-refractivity contribution is 9.10. The van der Waals surface area contributed by atoms with Crippen LogP contribution in [0.1, 0.15) is 23.0 Å². The molecule has 0 saturated carbocycles. The fraction of sp³-hybridized carbons (Fsp3) is 0.273. The van der Waals surface area contributed by atoms with Crippen molar-refractivity contribution in [2.24, 2.45) is 0 Å². The lowest BCUT2D eigenvalue weighted by molar-refractivity contribution is 0.0520. The van der Waals surface area contributed by atoms with Crippen LogP contribution in [0.3, 0.4) is 0 Å². The number of hydrogen-bond acceptors (Lipinski definition) is 3. The van der Waals surface area contributed by atoms with E-state index in [2.05, 4.69) is 20.9 Å². The number of halogens is 1. The van der Waals surface area contributed by atoms with Crippen molar-refractivity contribution >= 4 is 27.5 Å². The Balaban J connectivity index is 2.51. The average molecular weight is 283 g/mol. The van der Waals surface area contributed by atoms with Gasteiger partial charge in [0.25, 0.3) is 0 Å². The number of carbonyl (C=O) groups excluding carboxylic acids is 1. The lowest BCUT2D eigenvalue weighted by Crippen LogP contribution is -2.04. The van der Waals surface area contributed by atoms with Crippen LogP contribution in [-0.4, -0.2) is 22.0 Å². The first-order valence-corrected chi connectivity index (χ1v) is 5.73. The van der Waals surface area contributed by atoms with E-state index in [-0.39, 0.29) is 5.97 Å². The summed E-state index contributed by atoms with van der Waals surface area (Å²) in [4.78, 5) is 15.7. The molecule has 16 heavy (non-hydrogen) atoms. The third-order valence-corrected chi connectivity index (χ3v) is 2.62. The first-order valence-electron chi connectivity index (χ1n) is 4.93. The molecule has 0 amide bonds. The van der Waals surface area contributed by atoms with Gasteiger partial charge in [0, 0.05) is 16.9 Å². The zero-order valence-electron chi connectivity index (χ0n) is 9.03. The van der Waals surface area contributed by atoms with Crippen molar-refractivity contribution in [3.8, 4) is 0 Å². The quantitative estimate of drug-likeness (QED) is 0.796. The van der Waals surface area contributed by atoms with E-state index in [1.165, 1.54) is 0 Å². The molecular formula is C11H11BrN2O2. The average Bonchev–Trinajstić information content (AvgIpc) is 2.62. The summed E-state index contributed by atoms with van der Waals surface area (Å²) in [6.07, 6.45) is 3.53. The lowest BCUT2D eigenvalue weighted by Gasteiger charge is -1.97. The Hall–Kier alpha value is -1.36. The number of pyridine rings is 1. The van der Waals surface area contributed by atoms with Crippen molar-refractivity contribution in [2.45, 2.75) is 13.8 Å². The molecule has 0 spiro atoms. The summed E-state index contributed by atoms with van der Waals surface area (Å²) in [5.41, 5.74) is 2.11. The van der Waals surface area contributed by atoms with Gasteiger partial charge in [-0.1, -0.05) is 0 Å². The molecule has 0 unspecified atom stereocenters. The molecule has 2 aromatic heterocycles. The van der Waals surface area contributed by atoms with Crippen molar-refractivity contribution in [2.75, 3.05) is 6.61 Å². The predicted molar refractivity (Wildman–Crippen MR) is 63.6 cm³/mol. The van der Waals surface area contributed by atoms with Crippen molar-refractivity contribution in [3.63, 3.8) is 0 Å². The molecule has 84 valence electrons. The Morgan fingerprint density at radius 1 is 1.56 bits per heavy atom. The topological polar surface area (TPSA) is 43.6 Å². The summed E-state index contributed by atoms with van der Waals surface area (Å²) < 4.78 is 7.66. The van der Waals surface area contributed by atoms with Gasteiger partial charge >= 0.3 is 5.97 Å². The maximum Gasteiger partial charge on any atom is 0.358 e. The van der Waals surface area contributed by atoms with Gasteiger partial charge in [0.15, 0.2) is 5.69 Å². The summed E-state index contributed by atoms with van der Waals surface area (Å²) in [6, 6.07) is 1.96. The molecule has 0 aliphatic rings. The SMILES string of the molecule is CCOC(=O)c1cn2cc(Br)cc(C)c2n1.